The lowest BCUT2D eigenvalue weighted by atomic mass is 10.0. The third-order valence-corrected chi connectivity index (χ3v) is 2.00. The molecule has 0 saturated heterocycles. The van der Waals surface area contributed by atoms with Gasteiger partial charge >= 0.3 is 0 Å². The number of ether oxygens (including phenoxy) is 1. The molecule has 0 atom stereocenters. The summed E-state index contributed by atoms with van der Waals surface area (Å²) < 4.78 is 4.93. The van der Waals surface area contributed by atoms with E-state index in [1.165, 1.54) is 19.2 Å². The molecule has 0 fully saturated rings. The molecular formula is C11H11NO4. The Morgan fingerprint density at radius 3 is 2.19 bits per heavy atom. The van der Waals surface area contributed by atoms with E-state index in [4.69, 9.17) is 9.94 Å². The number of hydrogen-bond donors (Lipinski definition) is 1. The molecule has 0 aliphatic rings. The first kappa shape index (κ1) is 11.9. The first-order chi connectivity index (χ1) is 7.60. The zero-order valence-corrected chi connectivity index (χ0v) is 8.93. The number of oxime groups is 1. The van der Waals surface area contributed by atoms with Crippen LogP contribution in [0.4, 0.5) is 0 Å². The second kappa shape index (κ2) is 5.06. The van der Waals surface area contributed by atoms with Crippen LogP contribution in [0.2, 0.25) is 0 Å². The van der Waals surface area contributed by atoms with E-state index in [9.17, 15) is 9.59 Å². The molecule has 0 aliphatic heterocycles. The normalized spacial score (nSPS) is 11.0. The minimum atomic E-state index is -0.613. The number of carbonyl (C=O) groups excluding carboxylic acids is 2. The average Bonchev–Trinajstić information content (AvgIpc) is 2.29. The molecule has 0 unspecified atom stereocenters. The maximum absolute atomic E-state index is 11.7. The SMILES string of the molecule is COc1ccc(C(=O)/C(=N/O)C(C)=O)cc1. The number of nitrogens with zero attached hydrogens (tertiary/aromatic N) is 1. The topological polar surface area (TPSA) is 76.0 Å². The Hall–Kier alpha value is -2.17. The van der Waals surface area contributed by atoms with E-state index in [0.29, 0.717) is 5.75 Å². The predicted molar refractivity (Wildman–Crippen MR) is 57.2 cm³/mol. The number of hydrogen-bond acceptors (Lipinski definition) is 5. The largest absolute Gasteiger partial charge is 0.497 e. The highest BCUT2D eigenvalue weighted by Gasteiger charge is 2.18. The molecule has 0 aliphatic carbocycles. The van der Waals surface area contributed by atoms with Crippen LogP contribution in [-0.4, -0.2) is 29.6 Å². The highest BCUT2D eigenvalue weighted by Crippen LogP contribution is 2.12. The van der Waals surface area contributed by atoms with Gasteiger partial charge < -0.3 is 9.94 Å². The maximum atomic E-state index is 11.7. The second-order valence-electron chi connectivity index (χ2n) is 3.06. The summed E-state index contributed by atoms with van der Waals surface area (Å²) in [6, 6.07) is 6.16. The molecular weight excluding hydrogens is 210 g/mol. The van der Waals surface area contributed by atoms with Gasteiger partial charge in [0.1, 0.15) is 5.75 Å². The Kier molecular flexibility index (Phi) is 3.77. The number of ketones is 2. The molecule has 0 bridgehead atoms. The van der Waals surface area contributed by atoms with Gasteiger partial charge in [-0.3, -0.25) is 9.59 Å². The van der Waals surface area contributed by atoms with E-state index >= 15 is 0 Å². The minimum absolute atomic E-state index is 0.267. The van der Waals surface area contributed by atoms with Gasteiger partial charge in [-0.1, -0.05) is 5.16 Å². The summed E-state index contributed by atoms with van der Waals surface area (Å²) in [7, 11) is 1.51. The number of benzene rings is 1. The van der Waals surface area contributed by atoms with Crippen LogP contribution in [0.25, 0.3) is 0 Å². The summed E-state index contributed by atoms with van der Waals surface area (Å²) in [4.78, 5) is 22.6. The highest BCUT2D eigenvalue weighted by atomic mass is 16.5. The summed E-state index contributed by atoms with van der Waals surface area (Å²) in [5.74, 6) is -0.595. The van der Waals surface area contributed by atoms with Gasteiger partial charge in [0.2, 0.25) is 5.78 Å². The lowest BCUT2D eigenvalue weighted by Crippen LogP contribution is -2.22. The van der Waals surface area contributed by atoms with Crippen molar-refractivity contribution in [1.29, 1.82) is 0 Å². The van der Waals surface area contributed by atoms with E-state index < -0.39 is 17.3 Å². The van der Waals surface area contributed by atoms with Crippen LogP contribution in [0.1, 0.15) is 17.3 Å². The van der Waals surface area contributed by atoms with E-state index in [2.05, 4.69) is 5.16 Å². The summed E-state index contributed by atoms with van der Waals surface area (Å²) in [5, 5.41) is 11.2. The van der Waals surface area contributed by atoms with Crippen LogP contribution >= 0.6 is 0 Å². The Bertz CT molecular complexity index is 434. The summed E-state index contributed by atoms with van der Waals surface area (Å²) in [5.41, 5.74) is -0.214. The van der Waals surface area contributed by atoms with Crippen LogP contribution in [0.5, 0.6) is 5.75 Å². The van der Waals surface area contributed by atoms with Crippen molar-refractivity contribution in [1.82, 2.24) is 0 Å². The standard InChI is InChI=1S/C11H11NO4/c1-7(13)10(12-15)11(14)8-3-5-9(16-2)6-4-8/h3-6,15H,1-2H3/b12-10+. The quantitative estimate of drug-likeness (QED) is 0.273. The molecule has 1 aromatic carbocycles. The fourth-order valence-electron chi connectivity index (χ4n) is 1.15. The molecule has 0 spiro atoms. The Morgan fingerprint density at radius 2 is 1.81 bits per heavy atom. The number of rotatable bonds is 4. The van der Waals surface area contributed by atoms with Crippen molar-refractivity contribution in [3.63, 3.8) is 0 Å². The van der Waals surface area contributed by atoms with Gasteiger partial charge in [-0.25, -0.2) is 0 Å². The molecule has 0 aromatic heterocycles. The van der Waals surface area contributed by atoms with Gasteiger partial charge in [-0.05, 0) is 24.3 Å². The van der Waals surface area contributed by atoms with E-state index in [-0.39, 0.29) is 5.56 Å². The average molecular weight is 221 g/mol. The lowest BCUT2D eigenvalue weighted by molar-refractivity contribution is -0.111. The van der Waals surface area contributed by atoms with Crippen molar-refractivity contribution < 1.29 is 19.5 Å². The molecule has 84 valence electrons. The summed E-state index contributed by atoms with van der Waals surface area (Å²) in [6.45, 7) is 1.16. The van der Waals surface area contributed by atoms with Crippen LogP contribution in [-0.2, 0) is 4.79 Å². The molecule has 0 amide bonds. The smallest absolute Gasteiger partial charge is 0.218 e. The first-order valence-corrected chi connectivity index (χ1v) is 4.52. The molecule has 0 radical (unpaired) electrons. The van der Waals surface area contributed by atoms with Gasteiger partial charge in [0.05, 0.1) is 7.11 Å². The maximum Gasteiger partial charge on any atom is 0.218 e. The predicted octanol–water partition coefficient (Wildman–Crippen LogP) is 1.30. The van der Waals surface area contributed by atoms with Crippen LogP contribution in [0.3, 0.4) is 0 Å². The third kappa shape index (κ3) is 2.44. The van der Waals surface area contributed by atoms with Gasteiger partial charge in [0, 0.05) is 12.5 Å². The zero-order chi connectivity index (χ0) is 12.1. The lowest BCUT2D eigenvalue weighted by Gasteiger charge is -2.02. The zero-order valence-electron chi connectivity index (χ0n) is 8.93. The molecule has 5 nitrogen and oxygen atoms in total. The minimum Gasteiger partial charge on any atom is -0.497 e. The van der Waals surface area contributed by atoms with Crippen molar-refractivity contribution in [2.45, 2.75) is 6.92 Å². The third-order valence-electron chi connectivity index (χ3n) is 2.00. The van der Waals surface area contributed by atoms with E-state index in [1.807, 2.05) is 0 Å². The van der Waals surface area contributed by atoms with Crippen molar-refractivity contribution in [2.75, 3.05) is 7.11 Å². The van der Waals surface area contributed by atoms with Crippen molar-refractivity contribution in [3.8, 4) is 5.75 Å². The number of carbonyl (C=O) groups is 2. The van der Waals surface area contributed by atoms with Crippen LogP contribution in [0, 0.1) is 0 Å². The summed E-state index contributed by atoms with van der Waals surface area (Å²) >= 11 is 0. The molecule has 1 aromatic rings. The van der Waals surface area contributed by atoms with Crippen molar-refractivity contribution >= 4 is 17.3 Å². The van der Waals surface area contributed by atoms with Crippen LogP contribution < -0.4 is 4.74 Å². The summed E-state index contributed by atoms with van der Waals surface area (Å²) in [6.07, 6.45) is 0. The van der Waals surface area contributed by atoms with Gasteiger partial charge in [0.25, 0.3) is 0 Å². The first-order valence-electron chi connectivity index (χ1n) is 4.52. The van der Waals surface area contributed by atoms with E-state index in [0.717, 1.165) is 6.92 Å². The number of Topliss-reactive ketones (excluding diaryl/α,β-unsaturated/α-hetero) is 2. The van der Waals surface area contributed by atoms with Gasteiger partial charge in [0.15, 0.2) is 11.5 Å². The van der Waals surface area contributed by atoms with Gasteiger partial charge in [-0.2, -0.15) is 0 Å². The molecule has 0 heterocycles. The highest BCUT2D eigenvalue weighted by molar-refractivity contribution is 6.68. The molecule has 1 rings (SSSR count). The Balaban J connectivity index is 3.00. The van der Waals surface area contributed by atoms with Crippen molar-refractivity contribution in [3.05, 3.63) is 29.8 Å². The van der Waals surface area contributed by atoms with Gasteiger partial charge in [-0.15, -0.1) is 0 Å². The Labute approximate surface area is 92.3 Å². The van der Waals surface area contributed by atoms with Crippen molar-refractivity contribution in [2.24, 2.45) is 5.16 Å². The molecule has 5 heteroatoms. The fraction of sp³-hybridized carbons (Fsp3) is 0.182. The molecule has 16 heavy (non-hydrogen) atoms. The Morgan fingerprint density at radius 1 is 1.25 bits per heavy atom. The van der Waals surface area contributed by atoms with Crippen LogP contribution in [0.15, 0.2) is 29.4 Å². The second-order valence-corrected chi connectivity index (χ2v) is 3.06. The fourth-order valence-corrected chi connectivity index (χ4v) is 1.15. The molecule has 0 saturated carbocycles. The monoisotopic (exact) mass is 221 g/mol. The van der Waals surface area contributed by atoms with E-state index in [1.54, 1.807) is 12.1 Å². The number of methoxy groups -OCH3 is 1. The molecule has 1 N–H and O–H groups in total.